The van der Waals surface area contributed by atoms with Gasteiger partial charge in [0.15, 0.2) is 0 Å². The quantitative estimate of drug-likeness (QED) is 0.570. The van der Waals surface area contributed by atoms with Gasteiger partial charge in [0.2, 0.25) is 5.75 Å². The number of nitrogens with two attached hydrogens (primary N) is 1. The van der Waals surface area contributed by atoms with Crippen LogP contribution < -0.4 is 10.5 Å². The molecule has 2 N–H and O–H groups in total. The van der Waals surface area contributed by atoms with Gasteiger partial charge in [-0.05, 0) is 12.5 Å². The van der Waals surface area contributed by atoms with Crippen molar-refractivity contribution in [2.75, 3.05) is 0 Å². The minimum Gasteiger partial charge on any atom is -0.403 e. The fraction of sp³-hybridized carbons (Fsp3) is 0.125. The smallest absolute Gasteiger partial charge is 0.403 e. The lowest BCUT2D eigenvalue weighted by molar-refractivity contribution is -0.385. The molecule has 0 saturated heterocycles. The summed E-state index contributed by atoms with van der Waals surface area (Å²) in [4.78, 5) is 20.4. The van der Waals surface area contributed by atoms with Gasteiger partial charge in [0.05, 0.1) is 4.92 Å². The van der Waals surface area contributed by atoms with Gasteiger partial charge in [-0.1, -0.05) is 12.1 Å². The van der Waals surface area contributed by atoms with E-state index in [1.165, 1.54) is 12.1 Å². The maximum absolute atomic E-state index is 10.5. The fourth-order valence-corrected chi connectivity index (χ4v) is 1.01. The predicted octanol–water partition coefficient (Wildman–Crippen LogP) is 1.36. The van der Waals surface area contributed by atoms with Crippen LogP contribution in [0.3, 0.4) is 0 Å². The van der Waals surface area contributed by atoms with Gasteiger partial charge in [0.25, 0.3) is 0 Å². The third kappa shape index (κ3) is 1.98. The number of aryl methyl sites for hydroxylation is 1. The first-order chi connectivity index (χ1) is 6.52. The van der Waals surface area contributed by atoms with Crippen LogP contribution in [0.15, 0.2) is 18.2 Å². The standard InChI is InChI=1S/C8H8N2O4/c1-5-3-2-4-6(10(12)13)7(5)14-8(9)11/h2-4H,1H3,(H2,9,11). The highest BCUT2D eigenvalue weighted by molar-refractivity contribution is 5.71. The zero-order valence-electron chi connectivity index (χ0n) is 7.39. The van der Waals surface area contributed by atoms with E-state index < -0.39 is 11.0 Å². The number of hydrogen-bond acceptors (Lipinski definition) is 4. The van der Waals surface area contributed by atoms with Crippen LogP contribution in [0.5, 0.6) is 5.75 Å². The number of carbonyl (C=O) groups is 1. The van der Waals surface area contributed by atoms with Gasteiger partial charge in [0.1, 0.15) is 0 Å². The Kier molecular flexibility index (Phi) is 2.66. The molecule has 0 aromatic heterocycles. The zero-order valence-corrected chi connectivity index (χ0v) is 7.39. The van der Waals surface area contributed by atoms with Gasteiger partial charge in [-0.2, -0.15) is 0 Å². The van der Waals surface area contributed by atoms with Crippen LogP contribution in [0, 0.1) is 17.0 Å². The number of benzene rings is 1. The number of hydrogen-bond donors (Lipinski definition) is 1. The van der Waals surface area contributed by atoms with Gasteiger partial charge in [-0.25, -0.2) is 4.79 Å². The molecule has 1 aromatic rings. The number of carbonyl (C=O) groups excluding carboxylic acids is 1. The van der Waals surface area contributed by atoms with Crippen LogP contribution in [0.25, 0.3) is 0 Å². The van der Waals surface area contributed by atoms with Crippen molar-refractivity contribution in [1.29, 1.82) is 0 Å². The molecule has 0 aliphatic carbocycles. The summed E-state index contributed by atoms with van der Waals surface area (Å²) in [7, 11) is 0. The Morgan fingerprint density at radius 3 is 2.71 bits per heavy atom. The summed E-state index contributed by atoms with van der Waals surface area (Å²) in [5.41, 5.74) is 4.99. The van der Waals surface area contributed by atoms with Crippen molar-refractivity contribution in [1.82, 2.24) is 0 Å². The van der Waals surface area contributed by atoms with Gasteiger partial charge in [0, 0.05) is 6.07 Å². The van der Waals surface area contributed by atoms with Crippen LogP contribution in [-0.2, 0) is 0 Å². The second kappa shape index (κ2) is 3.73. The molecule has 0 radical (unpaired) electrons. The lowest BCUT2D eigenvalue weighted by Crippen LogP contribution is -2.17. The summed E-state index contributed by atoms with van der Waals surface area (Å²) in [6, 6.07) is 4.33. The molecule has 6 heteroatoms. The molecule has 0 saturated carbocycles. The molecular weight excluding hydrogens is 188 g/mol. The number of ether oxygens (including phenoxy) is 1. The summed E-state index contributed by atoms with van der Waals surface area (Å²) < 4.78 is 4.53. The third-order valence-electron chi connectivity index (χ3n) is 1.59. The zero-order chi connectivity index (χ0) is 10.7. The fourth-order valence-electron chi connectivity index (χ4n) is 1.01. The maximum Gasteiger partial charge on any atom is 0.410 e. The first-order valence-electron chi connectivity index (χ1n) is 3.73. The molecule has 1 aromatic carbocycles. The van der Waals surface area contributed by atoms with E-state index in [0.717, 1.165) is 0 Å². The van der Waals surface area contributed by atoms with Gasteiger partial charge >= 0.3 is 11.8 Å². The number of nitro benzene ring substituents is 1. The number of amides is 1. The molecule has 0 aliphatic rings. The van der Waals surface area contributed by atoms with Crippen LogP contribution in [0.2, 0.25) is 0 Å². The molecule has 0 bridgehead atoms. The second-order valence-electron chi connectivity index (χ2n) is 2.60. The molecule has 0 aliphatic heterocycles. The van der Waals surface area contributed by atoms with E-state index in [-0.39, 0.29) is 11.4 Å². The van der Waals surface area contributed by atoms with E-state index in [1.54, 1.807) is 13.0 Å². The monoisotopic (exact) mass is 196 g/mol. The Morgan fingerprint density at radius 1 is 1.57 bits per heavy atom. The van der Waals surface area contributed by atoms with Crippen LogP contribution in [-0.4, -0.2) is 11.0 Å². The Bertz CT molecular complexity index is 389. The third-order valence-corrected chi connectivity index (χ3v) is 1.59. The van der Waals surface area contributed by atoms with Crippen LogP contribution >= 0.6 is 0 Å². The molecule has 1 rings (SSSR count). The van der Waals surface area contributed by atoms with Crippen LogP contribution in [0.1, 0.15) is 5.56 Å². The molecule has 0 unspecified atom stereocenters. The Morgan fingerprint density at radius 2 is 2.21 bits per heavy atom. The first-order valence-corrected chi connectivity index (χ1v) is 3.73. The molecule has 0 spiro atoms. The number of rotatable bonds is 2. The van der Waals surface area contributed by atoms with E-state index in [9.17, 15) is 14.9 Å². The Labute approximate surface area is 79.4 Å². The number of para-hydroxylation sites is 1. The first kappa shape index (κ1) is 9.97. The molecule has 14 heavy (non-hydrogen) atoms. The average Bonchev–Trinajstić information content (AvgIpc) is 2.07. The van der Waals surface area contributed by atoms with E-state index in [4.69, 9.17) is 5.73 Å². The summed E-state index contributed by atoms with van der Waals surface area (Å²) in [5, 5.41) is 10.5. The molecule has 0 heterocycles. The van der Waals surface area contributed by atoms with Crippen molar-refractivity contribution in [2.24, 2.45) is 5.73 Å². The molecule has 0 atom stereocenters. The van der Waals surface area contributed by atoms with Gasteiger partial charge in [-0.3, -0.25) is 10.1 Å². The van der Waals surface area contributed by atoms with E-state index in [2.05, 4.69) is 4.74 Å². The summed E-state index contributed by atoms with van der Waals surface area (Å²) in [5.74, 6) is -0.106. The summed E-state index contributed by atoms with van der Waals surface area (Å²) >= 11 is 0. The number of nitrogens with zero attached hydrogens (tertiary/aromatic N) is 1. The summed E-state index contributed by atoms with van der Waals surface area (Å²) in [6.07, 6.45) is -1.07. The minimum atomic E-state index is -1.07. The van der Waals surface area contributed by atoms with Crippen molar-refractivity contribution >= 4 is 11.8 Å². The van der Waals surface area contributed by atoms with Crippen molar-refractivity contribution in [3.63, 3.8) is 0 Å². The molecule has 1 amide bonds. The van der Waals surface area contributed by atoms with Crippen LogP contribution in [0.4, 0.5) is 10.5 Å². The minimum absolute atomic E-state index is 0.106. The van der Waals surface area contributed by atoms with Gasteiger partial charge in [-0.15, -0.1) is 0 Å². The SMILES string of the molecule is Cc1cccc([N+](=O)[O-])c1OC(N)=O. The number of primary amides is 1. The lowest BCUT2D eigenvalue weighted by atomic mass is 10.2. The van der Waals surface area contributed by atoms with Crippen molar-refractivity contribution in [3.05, 3.63) is 33.9 Å². The predicted molar refractivity (Wildman–Crippen MR) is 48.0 cm³/mol. The molecule has 6 nitrogen and oxygen atoms in total. The highest BCUT2D eigenvalue weighted by Crippen LogP contribution is 2.29. The number of nitro groups is 1. The molecular formula is C8H8N2O4. The average molecular weight is 196 g/mol. The van der Waals surface area contributed by atoms with E-state index in [1.807, 2.05) is 0 Å². The normalized spacial score (nSPS) is 9.50. The van der Waals surface area contributed by atoms with E-state index in [0.29, 0.717) is 5.56 Å². The second-order valence-corrected chi connectivity index (χ2v) is 2.60. The van der Waals surface area contributed by atoms with Crippen molar-refractivity contribution < 1.29 is 14.5 Å². The Balaban J connectivity index is 3.22. The highest BCUT2D eigenvalue weighted by atomic mass is 16.6. The van der Waals surface area contributed by atoms with Crippen molar-refractivity contribution in [2.45, 2.75) is 6.92 Å². The maximum atomic E-state index is 10.5. The largest absolute Gasteiger partial charge is 0.410 e. The topological polar surface area (TPSA) is 95.5 Å². The van der Waals surface area contributed by atoms with Crippen molar-refractivity contribution in [3.8, 4) is 5.75 Å². The highest BCUT2D eigenvalue weighted by Gasteiger charge is 2.18. The Hall–Kier alpha value is -2.11. The van der Waals surface area contributed by atoms with E-state index >= 15 is 0 Å². The molecule has 74 valence electrons. The molecule has 0 fully saturated rings. The summed E-state index contributed by atoms with van der Waals surface area (Å²) in [6.45, 7) is 1.59. The van der Waals surface area contributed by atoms with Gasteiger partial charge < -0.3 is 10.5 Å². The lowest BCUT2D eigenvalue weighted by Gasteiger charge is -2.04.